The Morgan fingerprint density at radius 1 is 1.25 bits per heavy atom. The van der Waals surface area contributed by atoms with Crippen molar-refractivity contribution in [2.45, 2.75) is 45.4 Å². The molecule has 0 aromatic carbocycles. The molecule has 5 rings (SSSR count). The summed E-state index contributed by atoms with van der Waals surface area (Å²) in [5.41, 5.74) is 5.08. The lowest BCUT2D eigenvalue weighted by molar-refractivity contribution is -0.117. The van der Waals surface area contributed by atoms with E-state index in [1.165, 1.54) is 0 Å². The maximum atomic E-state index is 13.2. The number of aliphatic hydroxyl groups is 1. The predicted molar refractivity (Wildman–Crippen MR) is 120 cm³/mol. The Morgan fingerprint density at radius 2 is 2.06 bits per heavy atom. The fourth-order valence-electron chi connectivity index (χ4n) is 4.08. The molecule has 8 heteroatoms. The first-order valence-corrected chi connectivity index (χ1v) is 10.8. The molecule has 164 valence electrons. The van der Waals surface area contributed by atoms with Crippen molar-refractivity contribution in [1.29, 1.82) is 0 Å². The third-order valence-corrected chi connectivity index (χ3v) is 5.98. The second kappa shape index (κ2) is 7.94. The normalized spacial score (nSPS) is 18.8. The molecule has 0 spiro atoms. The molecule has 2 N–H and O–H groups in total. The Labute approximate surface area is 184 Å². The van der Waals surface area contributed by atoms with Crippen LogP contribution in [0.5, 0.6) is 0 Å². The van der Waals surface area contributed by atoms with Crippen molar-refractivity contribution in [2.75, 3.05) is 5.32 Å². The maximum Gasteiger partial charge on any atom is 0.231 e. The van der Waals surface area contributed by atoms with Crippen LogP contribution in [0.3, 0.4) is 0 Å². The lowest BCUT2D eigenvalue weighted by atomic mass is 10.00. The van der Waals surface area contributed by atoms with Gasteiger partial charge < -0.3 is 10.4 Å². The second-order valence-corrected chi connectivity index (χ2v) is 8.38. The van der Waals surface area contributed by atoms with Gasteiger partial charge in [0.1, 0.15) is 17.6 Å². The number of carbonyl (C=O) groups excluding carboxylic acids is 1. The van der Waals surface area contributed by atoms with Crippen LogP contribution in [0.4, 0.5) is 10.2 Å². The molecular weight excluding hydrogens is 409 g/mol. The zero-order valence-electron chi connectivity index (χ0n) is 17.9. The molecular formula is C24H24FN5O2. The first-order valence-electron chi connectivity index (χ1n) is 10.8. The van der Waals surface area contributed by atoms with Crippen molar-refractivity contribution < 1.29 is 14.3 Å². The second-order valence-electron chi connectivity index (χ2n) is 8.38. The monoisotopic (exact) mass is 433 g/mol. The highest BCUT2D eigenvalue weighted by molar-refractivity contribution is 5.97. The van der Waals surface area contributed by atoms with Gasteiger partial charge in [0.2, 0.25) is 5.91 Å². The van der Waals surface area contributed by atoms with Crippen LogP contribution in [0, 0.1) is 12.8 Å². The van der Waals surface area contributed by atoms with E-state index in [0.29, 0.717) is 17.9 Å². The summed E-state index contributed by atoms with van der Waals surface area (Å²) in [6.07, 6.45) is 7.25. The van der Waals surface area contributed by atoms with E-state index in [1.807, 2.05) is 36.6 Å². The van der Waals surface area contributed by atoms with E-state index in [4.69, 9.17) is 0 Å². The third-order valence-electron chi connectivity index (χ3n) is 5.98. The van der Waals surface area contributed by atoms with Gasteiger partial charge in [0.05, 0.1) is 23.2 Å². The van der Waals surface area contributed by atoms with Gasteiger partial charge >= 0.3 is 0 Å². The number of aromatic nitrogens is 4. The SMILES string of the molecule is CCCC(O)c1cc(C)c(-c2cc3cnc(NC(=O)[C@@H]4C[C@@H]4F)cc3n3ccnc23)cn1. The molecule has 1 fully saturated rings. The average molecular weight is 433 g/mol. The summed E-state index contributed by atoms with van der Waals surface area (Å²) in [6.45, 7) is 4.03. The molecule has 1 saturated carbocycles. The Kier molecular flexibility index (Phi) is 5.09. The van der Waals surface area contributed by atoms with E-state index in [-0.39, 0.29) is 12.3 Å². The number of hydrogen-bond acceptors (Lipinski definition) is 5. The summed E-state index contributed by atoms with van der Waals surface area (Å²) in [5, 5.41) is 13.9. The lowest BCUT2D eigenvalue weighted by Gasteiger charge is -2.14. The van der Waals surface area contributed by atoms with E-state index < -0.39 is 18.2 Å². The van der Waals surface area contributed by atoms with E-state index in [1.54, 1.807) is 24.7 Å². The van der Waals surface area contributed by atoms with E-state index in [2.05, 4.69) is 20.3 Å². The number of halogens is 1. The van der Waals surface area contributed by atoms with Crippen LogP contribution in [0.1, 0.15) is 43.5 Å². The number of hydrogen-bond donors (Lipinski definition) is 2. The summed E-state index contributed by atoms with van der Waals surface area (Å²) in [6, 6.07) is 5.70. The Morgan fingerprint density at radius 3 is 2.78 bits per heavy atom. The number of nitrogens with zero attached hydrogens (tertiary/aromatic N) is 4. The van der Waals surface area contributed by atoms with Crippen LogP contribution in [-0.4, -0.2) is 36.5 Å². The van der Waals surface area contributed by atoms with Gasteiger partial charge in [0.25, 0.3) is 0 Å². The van der Waals surface area contributed by atoms with Crippen LogP contribution in [0.2, 0.25) is 0 Å². The third kappa shape index (κ3) is 3.60. The van der Waals surface area contributed by atoms with E-state index in [0.717, 1.165) is 39.7 Å². The molecule has 1 unspecified atom stereocenters. The first-order chi connectivity index (χ1) is 15.5. The Bertz CT molecular complexity index is 1330. The number of rotatable bonds is 6. The molecule has 1 aliphatic rings. The summed E-state index contributed by atoms with van der Waals surface area (Å²) in [4.78, 5) is 25.5. The van der Waals surface area contributed by atoms with Crippen molar-refractivity contribution >= 4 is 28.3 Å². The molecule has 7 nitrogen and oxygen atoms in total. The predicted octanol–water partition coefficient (Wildman–Crippen LogP) is 4.38. The van der Waals surface area contributed by atoms with Gasteiger partial charge in [-0.15, -0.1) is 0 Å². The van der Waals surface area contributed by atoms with Crippen molar-refractivity contribution in [3.63, 3.8) is 0 Å². The van der Waals surface area contributed by atoms with Crippen molar-refractivity contribution in [3.8, 4) is 11.1 Å². The van der Waals surface area contributed by atoms with Gasteiger partial charge in [-0.05, 0) is 37.5 Å². The summed E-state index contributed by atoms with van der Waals surface area (Å²) >= 11 is 0. The van der Waals surface area contributed by atoms with Gasteiger partial charge in [-0.2, -0.15) is 0 Å². The molecule has 0 saturated heterocycles. The number of carbonyl (C=O) groups is 1. The largest absolute Gasteiger partial charge is 0.387 e. The molecule has 4 aromatic heterocycles. The van der Waals surface area contributed by atoms with Gasteiger partial charge in [0.15, 0.2) is 0 Å². The first kappa shape index (κ1) is 20.5. The molecule has 1 aliphatic carbocycles. The fraction of sp³-hybridized carbons (Fsp3) is 0.333. The molecule has 1 amide bonds. The molecule has 4 heterocycles. The number of imidazole rings is 1. The maximum absolute atomic E-state index is 13.2. The molecule has 4 aromatic rings. The highest BCUT2D eigenvalue weighted by Crippen LogP contribution is 2.35. The van der Waals surface area contributed by atoms with Gasteiger partial charge in [-0.25, -0.2) is 14.4 Å². The Hall–Kier alpha value is -3.39. The molecule has 0 radical (unpaired) electrons. The van der Waals surface area contributed by atoms with E-state index >= 15 is 0 Å². The molecule has 3 atom stereocenters. The lowest BCUT2D eigenvalue weighted by Crippen LogP contribution is -2.16. The minimum absolute atomic E-state index is 0.274. The van der Waals surface area contributed by atoms with Crippen molar-refractivity contribution in [3.05, 3.63) is 54.2 Å². The minimum Gasteiger partial charge on any atom is -0.387 e. The standard InChI is InChI=1S/C24H24FN5O2/c1-3-4-21(31)19-7-13(2)17(12-27-19)15-8-14-11-28-22(29-24(32)16-9-18(16)25)10-20(14)30-6-5-26-23(15)30/h5-8,10-12,16,18,21,31H,3-4,9H2,1-2H3,(H,28,29,32)/t16-,18+,21?/m1/s1. The van der Waals surface area contributed by atoms with Gasteiger partial charge in [-0.1, -0.05) is 13.3 Å². The van der Waals surface area contributed by atoms with Crippen LogP contribution in [0.25, 0.3) is 27.7 Å². The Balaban J connectivity index is 1.55. The number of aliphatic hydroxyl groups excluding tert-OH is 1. The number of aryl methyl sites for hydroxylation is 1. The number of fused-ring (bicyclic) bond motifs is 3. The van der Waals surface area contributed by atoms with Crippen LogP contribution in [0.15, 0.2) is 43.0 Å². The van der Waals surface area contributed by atoms with Crippen LogP contribution in [-0.2, 0) is 4.79 Å². The minimum atomic E-state index is -1.05. The average Bonchev–Trinajstić information content (AvgIpc) is 3.30. The zero-order valence-corrected chi connectivity index (χ0v) is 17.9. The van der Waals surface area contributed by atoms with Crippen LogP contribution >= 0.6 is 0 Å². The summed E-state index contributed by atoms with van der Waals surface area (Å²) < 4.78 is 15.1. The summed E-state index contributed by atoms with van der Waals surface area (Å²) in [5.74, 6) is -0.524. The molecule has 0 aliphatic heterocycles. The van der Waals surface area contributed by atoms with Gasteiger partial charge in [0, 0.05) is 47.4 Å². The molecule has 32 heavy (non-hydrogen) atoms. The van der Waals surface area contributed by atoms with E-state index in [9.17, 15) is 14.3 Å². The zero-order chi connectivity index (χ0) is 22.4. The number of pyridine rings is 3. The molecule has 0 bridgehead atoms. The fourth-order valence-corrected chi connectivity index (χ4v) is 4.08. The van der Waals surface area contributed by atoms with Crippen molar-refractivity contribution in [2.24, 2.45) is 5.92 Å². The number of anilines is 1. The topological polar surface area (TPSA) is 92.4 Å². The number of nitrogens with one attached hydrogen (secondary N) is 1. The summed E-state index contributed by atoms with van der Waals surface area (Å²) in [7, 11) is 0. The highest BCUT2D eigenvalue weighted by Gasteiger charge is 2.43. The van der Waals surface area contributed by atoms with Crippen LogP contribution < -0.4 is 5.32 Å². The van der Waals surface area contributed by atoms with Gasteiger partial charge in [-0.3, -0.25) is 14.2 Å². The smallest absolute Gasteiger partial charge is 0.231 e. The van der Waals surface area contributed by atoms with Crippen molar-refractivity contribution in [1.82, 2.24) is 19.4 Å². The highest BCUT2D eigenvalue weighted by atomic mass is 19.1. The quantitative estimate of drug-likeness (QED) is 0.471. The number of amides is 1. The number of alkyl halides is 1.